The molecule has 2 aromatic heterocycles. The van der Waals surface area contributed by atoms with Gasteiger partial charge in [0.25, 0.3) is 0 Å². The van der Waals surface area contributed by atoms with Gasteiger partial charge in [-0.3, -0.25) is 16.6 Å². The Labute approximate surface area is 278 Å². The molecule has 2 aliphatic rings. The van der Waals surface area contributed by atoms with E-state index in [0.717, 1.165) is 24.2 Å². The molecular formula is C30H45N7O5U. The van der Waals surface area contributed by atoms with Crippen molar-refractivity contribution in [2.75, 3.05) is 20.3 Å². The summed E-state index contributed by atoms with van der Waals surface area (Å²) in [6.07, 6.45) is 5.74. The quantitative estimate of drug-likeness (QED) is 0.310. The van der Waals surface area contributed by atoms with Gasteiger partial charge in [0.05, 0.1) is 31.1 Å². The van der Waals surface area contributed by atoms with E-state index in [9.17, 15) is 14.4 Å². The molecule has 1 spiro atoms. The van der Waals surface area contributed by atoms with Crippen LogP contribution in [-0.2, 0) is 25.5 Å². The van der Waals surface area contributed by atoms with E-state index >= 15 is 0 Å². The molecular weight excluding hydrogens is 776 g/mol. The van der Waals surface area contributed by atoms with E-state index in [2.05, 4.69) is 39.2 Å². The van der Waals surface area contributed by atoms with Gasteiger partial charge >= 0.3 is 37.2 Å². The summed E-state index contributed by atoms with van der Waals surface area (Å²) in [5.74, 6) is 0.819. The summed E-state index contributed by atoms with van der Waals surface area (Å²) in [6, 6.07) is -1.63. The third-order valence-corrected chi connectivity index (χ3v) is 8.62. The Morgan fingerprint density at radius 1 is 1.16 bits per heavy atom. The number of carbonyl (C=O) groups excluding carboxylic acids is 3. The summed E-state index contributed by atoms with van der Waals surface area (Å²) in [7, 11) is 5.21. The Morgan fingerprint density at radius 3 is 2.44 bits per heavy atom. The molecule has 0 unspecified atom stereocenters. The number of imidazole rings is 2. The molecule has 2 saturated heterocycles. The molecule has 0 saturated carbocycles. The van der Waals surface area contributed by atoms with Crippen LogP contribution in [-0.4, -0.2) is 79.5 Å². The number of likely N-dealkylation sites (tertiary alicyclic amines) is 1. The Bertz CT molecular complexity index is 1260. The van der Waals surface area contributed by atoms with E-state index in [0.29, 0.717) is 37.6 Å². The Balaban J connectivity index is 0.00000506. The molecule has 2 fully saturated rings. The SMILES string of the molecule is [CH2-][C@@H](c1ncc(Cc2cnc([C@@H]3C[C@@]4(CCCO4)CN3C(=O)[C@@H](NC(=O)OC)C(C)C)[nH]2)[nH]1)N([CH2-])C(=O)[C@@H](C)C(C)C.[U+2]. The number of rotatable bonds is 10. The van der Waals surface area contributed by atoms with Crippen molar-refractivity contribution in [3.63, 3.8) is 0 Å². The maximum Gasteiger partial charge on any atom is 2.00 e. The average molecular weight is 822 g/mol. The molecule has 3 amide bonds. The molecule has 2 aromatic rings. The van der Waals surface area contributed by atoms with Crippen LogP contribution in [0, 0.1) is 62.8 Å². The zero-order valence-corrected chi connectivity index (χ0v) is 30.3. The molecule has 5 atom stereocenters. The number of amides is 3. The second-order valence-electron chi connectivity index (χ2n) is 12.3. The molecule has 4 rings (SSSR count). The first-order valence-electron chi connectivity index (χ1n) is 14.7. The second-order valence-corrected chi connectivity index (χ2v) is 12.3. The van der Waals surface area contributed by atoms with Gasteiger partial charge in [-0.2, -0.15) is 0 Å². The molecule has 234 valence electrons. The molecule has 0 radical (unpaired) electrons. The Hall–Kier alpha value is -2.36. The first-order chi connectivity index (χ1) is 19.9. The van der Waals surface area contributed by atoms with Crippen LogP contribution in [0.4, 0.5) is 4.79 Å². The molecule has 4 heterocycles. The summed E-state index contributed by atoms with van der Waals surface area (Å²) < 4.78 is 10.9. The van der Waals surface area contributed by atoms with Gasteiger partial charge in [0.2, 0.25) is 5.91 Å². The molecule has 0 aromatic carbocycles. The van der Waals surface area contributed by atoms with Gasteiger partial charge in [0.1, 0.15) is 11.9 Å². The standard InChI is InChI=1S/C30H45N7O5.U/c1-17(2)19(5)27(38)36(7)20(6)25-31-14-21(33-25)12-22-15-32-26(34-22)23-13-30(10-9-11-42-30)16-37(23)28(39)24(18(3)4)35-29(40)41-8;/h14-15,17-20,23-24H,6-7,9-13,16H2,1-5,8H3,(H,31,33)(H,32,34)(H,35,40);/q-2;+2/t19-,20-,23-,24-,30-;/m0./s1. The number of H-pyrrole nitrogens is 2. The van der Waals surface area contributed by atoms with Crippen molar-refractivity contribution in [2.24, 2.45) is 17.8 Å². The van der Waals surface area contributed by atoms with Crippen molar-refractivity contribution in [3.05, 3.63) is 49.4 Å². The van der Waals surface area contributed by atoms with Crippen LogP contribution in [0.2, 0.25) is 0 Å². The van der Waals surface area contributed by atoms with E-state index in [1.165, 1.54) is 12.0 Å². The van der Waals surface area contributed by atoms with Gasteiger partial charge in [-0.1, -0.05) is 40.7 Å². The molecule has 0 bridgehead atoms. The average Bonchev–Trinajstić information content (AvgIpc) is 3.78. The molecule has 12 nitrogen and oxygen atoms in total. The smallest absolute Gasteiger partial charge is 0.511 e. The van der Waals surface area contributed by atoms with Gasteiger partial charge in [0, 0.05) is 49.1 Å². The van der Waals surface area contributed by atoms with Gasteiger partial charge in [-0.05, 0) is 24.7 Å². The molecule has 13 heteroatoms. The fourth-order valence-corrected chi connectivity index (χ4v) is 5.67. The van der Waals surface area contributed by atoms with Crippen LogP contribution in [0.15, 0.2) is 12.4 Å². The predicted octanol–water partition coefficient (Wildman–Crippen LogP) is 3.71. The number of hydrogen-bond acceptors (Lipinski definition) is 7. The number of aromatic nitrogens is 4. The van der Waals surface area contributed by atoms with E-state index in [1.807, 2.05) is 34.6 Å². The summed E-state index contributed by atoms with van der Waals surface area (Å²) in [4.78, 5) is 57.5. The van der Waals surface area contributed by atoms with E-state index in [1.54, 1.807) is 17.3 Å². The Morgan fingerprint density at radius 2 is 1.84 bits per heavy atom. The zero-order valence-electron chi connectivity index (χ0n) is 26.1. The summed E-state index contributed by atoms with van der Waals surface area (Å²) in [5.41, 5.74) is 1.24. The fourth-order valence-electron chi connectivity index (χ4n) is 5.67. The first kappa shape index (κ1) is 35.1. The number of nitrogens with one attached hydrogen (secondary N) is 3. The molecule has 3 N–H and O–H groups in total. The van der Waals surface area contributed by atoms with Crippen molar-refractivity contribution in [1.82, 2.24) is 35.1 Å². The van der Waals surface area contributed by atoms with Crippen LogP contribution in [0.3, 0.4) is 0 Å². The minimum atomic E-state index is -0.743. The Kier molecular flexibility index (Phi) is 11.9. The summed E-state index contributed by atoms with van der Waals surface area (Å²) in [6.45, 7) is 14.9. The molecule has 0 aliphatic carbocycles. The predicted molar refractivity (Wildman–Crippen MR) is 155 cm³/mol. The van der Waals surface area contributed by atoms with Crippen molar-refractivity contribution in [1.29, 1.82) is 0 Å². The van der Waals surface area contributed by atoms with Gasteiger partial charge in [-0.25, -0.2) is 14.8 Å². The first-order valence-corrected chi connectivity index (χ1v) is 14.7. The zero-order chi connectivity index (χ0) is 30.8. The van der Waals surface area contributed by atoms with Crippen molar-refractivity contribution in [3.8, 4) is 0 Å². The van der Waals surface area contributed by atoms with Crippen molar-refractivity contribution in [2.45, 2.75) is 84.0 Å². The molecule has 2 aliphatic heterocycles. The normalized spacial score (nSPS) is 22.0. The topological polar surface area (TPSA) is 146 Å². The van der Waals surface area contributed by atoms with Crippen LogP contribution < -0.4 is 5.32 Å². The second kappa shape index (κ2) is 14.6. The van der Waals surface area contributed by atoms with Gasteiger partial charge in [0.15, 0.2) is 5.91 Å². The fraction of sp³-hybridized carbons (Fsp3) is 0.633. The maximum absolute atomic E-state index is 13.8. The van der Waals surface area contributed by atoms with E-state index < -0.39 is 23.8 Å². The number of nitrogens with zero attached hydrogens (tertiary/aromatic N) is 4. The van der Waals surface area contributed by atoms with Crippen LogP contribution in [0.25, 0.3) is 0 Å². The maximum atomic E-state index is 13.8. The van der Waals surface area contributed by atoms with Gasteiger partial charge in [-0.15, -0.1) is 0 Å². The molecule has 43 heavy (non-hydrogen) atoms. The number of methoxy groups -OCH3 is 1. The number of aromatic amines is 2. The van der Waals surface area contributed by atoms with Crippen molar-refractivity contribution < 1.29 is 55.0 Å². The van der Waals surface area contributed by atoms with Crippen LogP contribution in [0.5, 0.6) is 0 Å². The number of hydrogen-bond donors (Lipinski definition) is 3. The van der Waals surface area contributed by atoms with Crippen LogP contribution in [0.1, 0.15) is 89.0 Å². The van der Waals surface area contributed by atoms with E-state index in [-0.39, 0.29) is 66.7 Å². The minimum absolute atomic E-state index is 0. The van der Waals surface area contributed by atoms with Crippen molar-refractivity contribution >= 4 is 17.9 Å². The number of ether oxygens (including phenoxy) is 2. The van der Waals surface area contributed by atoms with E-state index in [4.69, 9.17) is 9.47 Å². The number of carbonyl (C=O) groups is 3. The summed E-state index contributed by atoms with van der Waals surface area (Å²) in [5, 5.41) is 2.70. The summed E-state index contributed by atoms with van der Waals surface area (Å²) >= 11 is 0. The number of alkyl carbamates (subject to hydrolysis) is 1. The largest absolute Gasteiger partial charge is 2.00 e. The minimum Gasteiger partial charge on any atom is -0.511 e. The third-order valence-electron chi connectivity index (χ3n) is 8.62. The monoisotopic (exact) mass is 821 g/mol. The third kappa shape index (κ3) is 7.84. The van der Waals surface area contributed by atoms with Gasteiger partial charge < -0.3 is 41.5 Å². The van der Waals surface area contributed by atoms with Crippen LogP contribution >= 0.6 is 0 Å².